The van der Waals surface area contributed by atoms with Gasteiger partial charge in [-0.05, 0) is 18.9 Å². The highest BCUT2D eigenvalue weighted by molar-refractivity contribution is 6.05. The van der Waals surface area contributed by atoms with Gasteiger partial charge in [0.1, 0.15) is 32.4 Å². The van der Waals surface area contributed by atoms with Crippen molar-refractivity contribution in [1.29, 1.82) is 0 Å². The summed E-state index contributed by atoms with van der Waals surface area (Å²) in [6.45, 7) is 3.07. The maximum absolute atomic E-state index is 12.7. The first-order valence-electron chi connectivity index (χ1n) is 9.52. The minimum atomic E-state index is -4.36. The number of alkyl halides is 3. The highest BCUT2D eigenvalue weighted by atomic mass is 19.4. The van der Waals surface area contributed by atoms with Crippen molar-refractivity contribution in [3.05, 3.63) is 36.0 Å². The van der Waals surface area contributed by atoms with Crippen LogP contribution in [0.4, 0.5) is 19.0 Å². The van der Waals surface area contributed by atoms with E-state index in [1.807, 2.05) is 17.1 Å². The van der Waals surface area contributed by atoms with Crippen molar-refractivity contribution in [1.82, 2.24) is 4.90 Å². The number of allylic oxidation sites excluding steroid dienone is 2. The third kappa shape index (κ3) is 3.50. The van der Waals surface area contributed by atoms with Gasteiger partial charge in [-0.15, -0.1) is 0 Å². The molecule has 9 heteroatoms. The van der Waals surface area contributed by atoms with E-state index in [4.69, 9.17) is 0 Å². The summed E-state index contributed by atoms with van der Waals surface area (Å²) in [6, 6.07) is 2.52. The Labute approximate surface area is 160 Å². The molecule has 0 aromatic carbocycles. The van der Waals surface area contributed by atoms with E-state index in [0.29, 0.717) is 51.5 Å². The zero-order valence-electron chi connectivity index (χ0n) is 15.3. The molecule has 0 bridgehead atoms. The lowest BCUT2D eigenvalue weighted by Gasteiger charge is -2.30. The molecule has 2 amide bonds. The lowest BCUT2D eigenvalue weighted by atomic mass is 9.85. The average molecular weight is 396 g/mol. The Morgan fingerprint density at radius 1 is 1.04 bits per heavy atom. The standard InChI is InChI=1S/C19H21F3N4O2/c20-19(21,22)13-5-6-16(23-11-13)25-9-7-24(8-10-25)12-26-17(27)14-3-1-2-4-15(14)18(26)28/h1-2,5-6,11,14-15H,3-4,7-10,12H2/p+2/t14-,15-/m1/s1. The van der Waals surface area contributed by atoms with Crippen LogP contribution in [0.15, 0.2) is 30.5 Å². The van der Waals surface area contributed by atoms with Crippen LogP contribution in [0, 0.1) is 11.8 Å². The normalized spacial score (nSPS) is 26.1. The number of imide groups is 1. The van der Waals surface area contributed by atoms with Gasteiger partial charge in [0.25, 0.3) is 5.82 Å². The number of nitrogens with zero attached hydrogens (tertiary/aromatic N) is 2. The number of hydrogen-bond donors (Lipinski definition) is 1. The topological polar surface area (TPSA) is 59.2 Å². The van der Waals surface area contributed by atoms with Crippen molar-refractivity contribution in [2.45, 2.75) is 19.0 Å². The third-order valence-corrected chi connectivity index (χ3v) is 5.92. The van der Waals surface area contributed by atoms with Crippen LogP contribution in [-0.4, -0.2) is 49.6 Å². The molecule has 1 aromatic rings. The zero-order valence-corrected chi connectivity index (χ0v) is 15.3. The first kappa shape index (κ1) is 18.9. The summed E-state index contributed by atoms with van der Waals surface area (Å²) in [7, 11) is 0. The quantitative estimate of drug-likeness (QED) is 0.584. The van der Waals surface area contributed by atoms with E-state index in [-0.39, 0.29) is 23.7 Å². The number of halogens is 3. The summed E-state index contributed by atoms with van der Waals surface area (Å²) in [5.41, 5.74) is -0.706. The van der Waals surface area contributed by atoms with Crippen LogP contribution in [-0.2, 0) is 15.8 Å². The number of likely N-dealkylation sites (tertiary alicyclic amines) is 1. The van der Waals surface area contributed by atoms with Gasteiger partial charge in [-0.3, -0.25) is 14.5 Å². The van der Waals surface area contributed by atoms with Crippen molar-refractivity contribution in [3.8, 4) is 0 Å². The number of carbonyl (C=O) groups excluding carboxylic acids is 2. The fourth-order valence-corrected chi connectivity index (χ4v) is 4.26. The number of aromatic nitrogens is 1. The van der Waals surface area contributed by atoms with Gasteiger partial charge in [-0.2, -0.15) is 13.2 Å². The SMILES string of the molecule is O=C1[C@@H]2CC=CC[C@H]2C(=O)N1C[NH+]1CCN(c2ccc(C(F)(F)F)c[nH+]2)CC1. The second-order valence-electron chi connectivity index (χ2n) is 7.62. The van der Waals surface area contributed by atoms with Crippen molar-refractivity contribution in [2.75, 3.05) is 37.7 Å². The van der Waals surface area contributed by atoms with Crippen LogP contribution < -0.4 is 14.8 Å². The summed E-state index contributed by atoms with van der Waals surface area (Å²) in [4.78, 5) is 32.4. The van der Waals surface area contributed by atoms with E-state index >= 15 is 0 Å². The fraction of sp³-hybridized carbons (Fsp3) is 0.526. The van der Waals surface area contributed by atoms with Gasteiger partial charge in [0.15, 0.2) is 6.67 Å². The highest BCUT2D eigenvalue weighted by Gasteiger charge is 2.48. The highest BCUT2D eigenvalue weighted by Crippen LogP contribution is 2.34. The summed E-state index contributed by atoms with van der Waals surface area (Å²) in [5.74, 6) is 0.0908. The van der Waals surface area contributed by atoms with Crippen molar-refractivity contribution < 1.29 is 32.6 Å². The number of anilines is 1. The van der Waals surface area contributed by atoms with E-state index in [1.165, 1.54) is 11.0 Å². The van der Waals surface area contributed by atoms with E-state index in [1.54, 1.807) is 0 Å². The lowest BCUT2D eigenvalue weighted by molar-refractivity contribution is -0.908. The van der Waals surface area contributed by atoms with Crippen LogP contribution in [0.5, 0.6) is 0 Å². The van der Waals surface area contributed by atoms with Crippen molar-refractivity contribution >= 4 is 17.6 Å². The fourth-order valence-electron chi connectivity index (χ4n) is 4.26. The largest absolute Gasteiger partial charge is 0.419 e. The molecule has 0 spiro atoms. The number of carbonyl (C=O) groups is 2. The molecule has 1 aliphatic carbocycles. The maximum atomic E-state index is 12.7. The predicted molar refractivity (Wildman–Crippen MR) is 93.0 cm³/mol. The Balaban J connectivity index is 1.33. The molecule has 2 aliphatic heterocycles. The summed E-state index contributed by atoms with van der Waals surface area (Å²) in [5, 5.41) is 0. The van der Waals surface area contributed by atoms with Crippen LogP contribution in [0.1, 0.15) is 18.4 Å². The molecule has 0 saturated carbocycles. The number of nitrogens with one attached hydrogen (secondary N) is 2. The molecular formula is C19H23F3N4O2+2. The number of quaternary nitrogens is 1. The number of aromatic amines is 1. The van der Waals surface area contributed by atoms with Gasteiger partial charge in [-0.1, -0.05) is 12.2 Å². The minimum Gasteiger partial charge on any atom is -0.311 e. The number of piperazine rings is 1. The van der Waals surface area contributed by atoms with Gasteiger partial charge >= 0.3 is 6.18 Å². The number of fused-ring (bicyclic) bond motifs is 1. The smallest absolute Gasteiger partial charge is 0.311 e. The second kappa shape index (κ2) is 7.20. The Kier molecular flexibility index (Phi) is 4.86. The van der Waals surface area contributed by atoms with E-state index < -0.39 is 11.7 Å². The van der Waals surface area contributed by atoms with Gasteiger partial charge in [0.2, 0.25) is 11.8 Å². The number of rotatable bonds is 3. The zero-order chi connectivity index (χ0) is 19.9. The molecule has 2 N–H and O–H groups in total. The van der Waals surface area contributed by atoms with Crippen LogP contribution in [0.25, 0.3) is 0 Å². The molecule has 0 unspecified atom stereocenters. The summed E-state index contributed by atoms with van der Waals surface area (Å²) in [6.07, 6.45) is 1.84. The molecule has 6 nitrogen and oxygen atoms in total. The lowest BCUT2D eigenvalue weighted by Crippen LogP contribution is -3.16. The Hall–Kier alpha value is -2.42. The molecule has 3 aliphatic rings. The predicted octanol–water partition coefficient (Wildman–Crippen LogP) is 0.133. The average Bonchev–Trinajstić information content (AvgIpc) is 2.93. The molecule has 28 heavy (non-hydrogen) atoms. The van der Waals surface area contributed by atoms with Crippen molar-refractivity contribution in [3.63, 3.8) is 0 Å². The molecule has 3 heterocycles. The number of pyridine rings is 1. The van der Waals surface area contributed by atoms with Gasteiger partial charge in [-0.25, -0.2) is 9.88 Å². The van der Waals surface area contributed by atoms with E-state index in [0.717, 1.165) is 17.2 Å². The molecule has 0 radical (unpaired) electrons. The second-order valence-corrected chi connectivity index (χ2v) is 7.62. The Morgan fingerprint density at radius 3 is 2.14 bits per heavy atom. The molecule has 2 saturated heterocycles. The monoisotopic (exact) mass is 396 g/mol. The first-order valence-corrected chi connectivity index (χ1v) is 9.52. The van der Waals surface area contributed by atoms with Crippen LogP contribution >= 0.6 is 0 Å². The molecule has 2 atom stereocenters. The Bertz CT molecular complexity index is 759. The molecule has 4 rings (SSSR count). The molecular weight excluding hydrogens is 373 g/mol. The van der Waals surface area contributed by atoms with Crippen molar-refractivity contribution in [2.24, 2.45) is 11.8 Å². The molecule has 150 valence electrons. The van der Waals surface area contributed by atoms with E-state index in [2.05, 4.69) is 4.98 Å². The van der Waals surface area contributed by atoms with Gasteiger partial charge < -0.3 is 4.90 Å². The summed E-state index contributed by atoms with van der Waals surface area (Å²) < 4.78 is 38.0. The van der Waals surface area contributed by atoms with Crippen LogP contribution in [0.2, 0.25) is 0 Å². The molecule has 1 aromatic heterocycles. The maximum Gasteiger partial charge on any atom is 0.419 e. The van der Waals surface area contributed by atoms with Gasteiger partial charge in [0, 0.05) is 6.07 Å². The summed E-state index contributed by atoms with van der Waals surface area (Å²) >= 11 is 0. The van der Waals surface area contributed by atoms with Gasteiger partial charge in [0.05, 0.1) is 17.4 Å². The Morgan fingerprint density at radius 2 is 1.64 bits per heavy atom. The third-order valence-electron chi connectivity index (χ3n) is 5.92. The van der Waals surface area contributed by atoms with Crippen LogP contribution in [0.3, 0.4) is 0 Å². The molecule has 2 fully saturated rings. The number of H-pyrrole nitrogens is 1. The number of hydrogen-bond acceptors (Lipinski definition) is 3. The minimum absolute atomic E-state index is 0.0645. The number of amides is 2. The first-order chi connectivity index (χ1) is 13.3. The van der Waals surface area contributed by atoms with E-state index in [9.17, 15) is 22.8 Å².